The predicted molar refractivity (Wildman–Crippen MR) is 89.2 cm³/mol. The lowest BCUT2D eigenvalue weighted by atomic mass is 10.2. The van der Waals surface area contributed by atoms with E-state index >= 15 is 0 Å². The highest BCUT2D eigenvalue weighted by molar-refractivity contribution is 7.89. The molecule has 2 atom stereocenters. The van der Waals surface area contributed by atoms with Crippen LogP contribution in [0.2, 0.25) is 5.02 Å². The standard InChI is InChI=1S/C15H21ClN2O4S/c1-11-9-18(10-12(2)22-11)23(20,21)7-6-17-15(19)13-4-3-5-14(16)8-13/h3-5,8,11-12H,6-7,9-10H2,1-2H3,(H,17,19)/t11-,12-/m0/s1. The highest BCUT2D eigenvalue weighted by Crippen LogP contribution is 2.15. The molecule has 0 saturated carbocycles. The number of benzene rings is 1. The average molecular weight is 361 g/mol. The summed E-state index contributed by atoms with van der Waals surface area (Å²) in [4.78, 5) is 12.0. The Bertz CT molecular complexity index is 655. The van der Waals surface area contributed by atoms with E-state index in [1.165, 1.54) is 10.4 Å². The monoisotopic (exact) mass is 360 g/mol. The van der Waals surface area contributed by atoms with Gasteiger partial charge in [-0.05, 0) is 32.0 Å². The lowest BCUT2D eigenvalue weighted by Gasteiger charge is -2.34. The zero-order valence-corrected chi connectivity index (χ0v) is 14.7. The number of rotatable bonds is 5. The quantitative estimate of drug-likeness (QED) is 0.863. The maximum atomic E-state index is 12.3. The summed E-state index contributed by atoms with van der Waals surface area (Å²) in [5.41, 5.74) is 0.406. The second kappa shape index (κ2) is 7.61. The van der Waals surface area contributed by atoms with Gasteiger partial charge in [0.2, 0.25) is 10.0 Å². The maximum absolute atomic E-state index is 12.3. The van der Waals surface area contributed by atoms with E-state index in [4.69, 9.17) is 16.3 Å². The van der Waals surface area contributed by atoms with Crippen LogP contribution in [0.25, 0.3) is 0 Å². The van der Waals surface area contributed by atoms with Crippen LogP contribution in [0.3, 0.4) is 0 Å². The van der Waals surface area contributed by atoms with Crippen molar-refractivity contribution in [2.75, 3.05) is 25.4 Å². The van der Waals surface area contributed by atoms with E-state index in [0.717, 1.165) is 0 Å². The van der Waals surface area contributed by atoms with Gasteiger partial charge in [0, 0.05) is 30.2 Å². The Balaban J connectivity index is 1.88. The molecule has 0 bridgehead atoms. The number of nitrogens with zero attached hydrogens (tertiary/aromatic N) is 1. The van der Waals surface area contributed by atoms with Crippen molar-refractivity contribution >= 4 is 27.5 Å². The summed E-state index contributed by atoms with van der Waals surface area (Å²) in [6.07, 6.45) is -0.260. The van der Waals surface area contributed by atoms with Crippen molar-refractivity contribution in [3.8, 4) is 0 Å². The van der Waals surface area contributed by atoms with Crippen LogP contribution in [0.15, 0.2) is 24.3 Å². The van der Waals surface area contributed by atoms with Crippen molar-refractivity contribution in [1.82, 2.24) is 9.62 Å². The first-order valence-corrected chi connectivity index (χ1v) is 9.43. The lowest BCUT2D eigenvalue weighted by Crippen LogP contribution is -2.49. The van der Waals surface area contributed by atoms with Gasteiger partial charge in [0.1, 0.15) is 0 Å². The van der Waals surface area contributed by atoms with Crippen LogP contribution in [-0.4, -0.2) is 56.2 Å². The minimum atomic E-state index is -3.42. The number of hydrogen-bond acceptors (Lipinski definition) is 4. The molecular formula is C15H21ClN2O4S. The first-order chi connectivity index (χ1) is 10.8. The van der Waals surface area contributed by atoms with Crippen molar-refractivity contribution in [3.63, 3.8) is 0 Å². The van der Waals surface area contributed by atoms with Crippen LogP contribution in [0.1, 0.15) is 24.2 Å². The summed E-state index contributed by atoms with van der Waals surface area (Å²) in [5.74, 6) is -0.481. The van der Waals surface area contributed by atoms with E-state index in [1.807, 2.05) is 13.8 Å². The Hall–Kier alpha value is -1.15. The molecule has 1 N–H and O–H groups in total. The van der Waals surface area contributed by atoms with Crippen molar-refractivity contribution in [2.24, 2.45) is 0 Å². The molecular weight excluding hydrogens is 340 g/mol. The van der Waals surface area contributed by atoms with Gasteiger partial charge in [0.25, 0.3) is 5.91 Å². The Labute approximate surface area is 141 Å². The Morgan fingerprint density at radius 3 is 2.61 bits per heavy atom. The number of halogens is 1. The van der Waals surface area contributed by atoms with Gasteiger partial charge in [-0.25, -0.2) is 8.42 Å². The molecule has 0 radical (unpaired) electrons. The molecule has 128 valence electrons. The number of sulfonamides is 1. The Kier molecular flexibility index (Phi) is 6.02. The molecule has 1 aromatic rings. The molecule has 23 heavy (non-hydrogen) atoms. The minimum absolute atomic E-state index is 0.0494. The summed E-state index contributed by atoms with van der Waals surface area (Å²) in [5, 5.41) is 3.07. The van der Waals surface area contributed by atoms with Gasteiger partial charge in [-0.3, -0.25) is 4.79 Å². The zero-order chi connectivity index (χ0) is 17.0. The second-order valence-corrected chi connectivity index (χ2v) is 8.18. The fourth-order valence-corrected chi connectivity index (χ4v) is 4.19. The fraction of sp³-hybridized carbons (Fsp3) is 0.533. The van der Waals surface area contributed by atoms with Gasteiger partial charge >= 0.3 is 0 Å². The summed E-state index contributed by atoms with van der Waals surface area (Å²) in [7, 11) is -3.42. The van der Waals surface area contributed by atoms with Gasteiger partial charge in [-0.15, -0.1) is 0 Å². The summed E-state index contributed by atoms with van der Waals surface area (Å²) < 4.78 is 31.7. The summed E-state index contributed by atoms with van der Waals surface area (Å²) >= 11 is 5.83. The van der Waals surface area contributed by atoms with Gasteiger partial charge in [0.05, 0.1) is 18.0 Å². The second-order valence-electron chi connectivity index (χ2n) is 5.66. The third-order valence-electron chi connectivity index (χ3n) is 3.51. The average Bonchev–Trinajstić information content (AvgIpc) is 2.46. The number of carbonyl (C=O) groups excluding carboxylic acids is 1. The highest BCUT2D eigenvalue weighted by Gasteiger charge is 2.30. The molecule has 0 unspecified atom stereocenters. The molecule has 1 aromatic carbocycles. The minimum Gasteiger partial charge on any atom is -0.373 e. The van der Waals surface area contributed by atoms with Crippen LogP contribution in [-0.2, 0) is 14.8 Å². The van der Waals surface area contributed by atoms with Gasteiger partial charge in [0.15, 0.2) is 0 Å². The molecule has 1 heterocycles. The normalized spacial score (nSPS) is 22.7. The predicted octanol–water partition coefficient (Wildman–Crippen LogP) is 1.51. The smallest absolute Gasteiger partial charge is 0.251 e. The first kappa shape index (κ1) is 18.2. The molecule has 1 aliphatic heterocycles. The molecule has 1 amide bonds. The summed E-state index contributed by atoms with van der Waals surface area (Å²) in [6.45, 7) is 4.43. The van der Waals surface area contributed by atoms with Crippen LogP contribution < -0.4 is 5.32 Å². The number of amides is 1. The van der Waals surface area contributed by atoms with Crippen molar-refractivity contribution in [1.29, 1.82) is 0 Å². The third-order valence-corrected chi connectivity index (χ3v) is 5.55. The Morgan fingerprint density at radius 1 is 1.35 bits per heavy atom. The third kappa shape index (κ3) is 5.17. The molecule has 6 nitrogen and oxygen atoms in total. The molecule has 2 rings (SSSR count). The number of ether oxygens (including phenoxy) is 1. The highest BCUT2D eigenvalue weighted by atomic mass is 35.5. The molecule has 8 heteroatoms. The molecule has 0 spiro atoms. The lowest BCUT2D eigenvalue weighted by molar-refractivity contribution is -0.0440. The van der Waals surface area contributed by atoms with Crippen molar-refractivity contribution in [3.05, 3.63) is 34.9 Å². The van der Waals surface area contributed by atoms with Gasteiger partial charge in [-0.1, -0.05) is 17.7 Å². The molecule has 0 aliphatic carbocycles. The Morgan fingerprint density at radius 2 is 2.00 bits per heavy atom. The zero-order valence-electron chi connectivity index (χ0n) is 13.2. The fourth-order valence-electron chi connectivity index (χ4n) is 2.51. The van der Waals surface area contributed by atoms with Gasteiger partial charge in [-0.2, -0.15) is 4.31 Å². The van der Waals surface area contributed by atoms with E-state index in [9.17, 15) is 13.2 Å². The number of morpholine rings is 1. The summed E-state index contributed by atoms with van der Waals surface area (Å²) in [6, 6.07) is 6.51. The first-order valence-electron chi connectivity index (χ1n) is 7.45. The van der Waals surface area contributed by atoms with E-state index in [2.05, 4.69) is 5.32 Å². The van der Waals surface area contributed by atoms with E-state index < -0.39 is 10.0 Å². The number of hydrogen-bond donors (Lipinski definition) is 1. The molecule has 0 aromatic heterocycles. The van der Waals surface area contributed by atoms with E-state index in [-0.39, 0.29) is 30.4 Å². The van der Waals surface area contributed by atoms with Crippen LogP contribution in [0.4, 0.5) is 0 Å². The maximum Gasteiger partial charge on any atom is 0.251 e. The number of nitrogens with one attached hydrogen (secondary N) is 1. The molecule has 1 aliphatic rings. The largest absolute Gasteiger partial charge is 0.373 e. The molecule has 1 saturated heterocycles. The molecule has 1 fully saturated rings. The SMILES string of the molecule is C[C@H]1CN(S(=O)(=O)CCNC(=O)c2cccc(Cl)c2)C[C@H](C)O1. The van der Waals surface area contributed by atoms with Gasteiger partial charge < -0.3 is 10.1 Å². The van der Waals surface area contributed by atoms with Crippen LogP contribution in [0, 0.1) is 0 Å². The van der Waals surface area contributed by atoms with Crippen LogP contribution >= 0.6 is 11.6 Å². The van der Waals surface area contributed by atoms with E-state index in [1.54, 1.807) is 18.2 Å². The van der Waals surface area contributed by atoms with Crippen molar-refractivity contribution in [2.45, 2.75) is 26.1 Å². The van der Waals surface area contributed by atoms with Crippen LogP contribution in [0.5, 0.6) is 0 Å². The topological polar surface area (TPSA) is 75.7 Å². The van der Waals surface area contributed by atoms with Crippen molar-refractivity contribution < 1.29 is 17.9 Å². The number of carbonyl (C=O) groups is 1. The van der Waals surface area contributed by atoms with E-state index in [0.29, 0.717) is 23.7 Å².